The van der Waals surface area contributed by atoms with Crippen LogP contribution in [0.3, 0.4) is 0 Å². The molecule has 3 atom stereocenters. The second-order valence-electron chi connectivity index (χ2n) is 9.94. The third kappa shape index (κ3) is 6.58. The normalized spacial score (nSPS) is 18.3. The Bertz CT molecular complexity index is 1280. The van der Waals surface area contributed by atoms with Crippen LogP contribution in [0.2, 0.25) is 0 Å². The Kier molecular flexibility index (Phi) is 9.22. The van der Waals surface area contributed by atoms with Gasteiger partial charge in [0.1, 0.15) is 11.5 Å². The lowest BCUT2D eigenvalue weighted by atomic mass is 9.94. The molecule has 0 spiro atoms. The molecule has 3 aromatic carbocycles. The van der Waals surface area contributed by atoms with Crippen LogP contribution in [0, 0.1) is 5.92 Å². The number of likely N-dealkylation sites (N-methyl/N-ethyl adjacent to an activating group) is 1. The van der Waals surface area contributed by atoms with Gasteiger partial charge < -0.3 is 29.1 Å². The molecule has 1 aliphatic heterocycles. The minimum absolute atomic E-state index is 0.151. The average Bonchev–Trinajstić information content (AvgIpc) is 2.98. The van der Waals surface area contributed by atoms with Gasteiger partial charge in [-0.3, -0.25) is 4.79 Å². The van der Waals surface area contributed by atoms with Crippen LogP contribution in [-0.4, -0.2) is 72.9 Å². The molecule has 2 amide bonds. The van der Waals surface area contributed by atoms with Crippen molar-refractivity contribution < 1.29 is 28.9 Å². The lowest BCUT2D eigenvalue weighted by Crippen LogP contribution is -2.47. The van der Waals surface area contributed by atoms with Gasteiger partial charge in [0.15, 0.2) is 0 Å². The fourth-order valence-corrected chi connectivity index (χ4v) is 4.72. The highest BCUT2D eigenvalue weighted by Gasteiger charge is 2.31. The molecule has 3 aromatic rings. The van der Waals surface area contributed by atoms with Gasteiger partial charge in [0.2, 0.25) is 0 Å². The van der Waals surface area contributed by atoms with Gasteiger partial charge in [-0.15, -0.1) is 0 Å². The molecule has 4 rings (SSSR count). The van der Waals surface area contributed by atoms with Crippen molar-refractivity contribution in [2.24, 2.45) is 5.92 Å². The number of aliphatic hydroxyl groups excluding tert-OH is 1. The lowest BCUT2D eigenvalue weighted by Gasteiger charge is -2.35. The number of amides is 2. The van der Waals surface area contributed by atoms with Gasteiger partial charge in [-0.25, -0.2) is 4.79 Å². The van der Waals surface area contributed by atoms with E-state index < -0.39 is 18.2 Å². The molecule has 0 fully saturated rings. The van der Waals surface area contributed by atoms with Crippen molar-refractivity contribution >= 4 is 12.0 Å². The third-order valence-electron chi connectivity index (χ3n) is 7.12. The zero-order chi connectivity index (χ0) is 27.9. The van der Waals surface area contributed by atoms with Crippen LogP contribution >= 0.6 is 0 Å². The van der Waals surface area contributed by atoms with Crippen molar-refractivity contribution in [3.8, 4) is 22.6 Å². The topological polar surface area (TPSA) is 88.5 Å². The summed E-state index contributed by atoms with van der Waals surface area (Å²) in [6, 6.07) is 21.8. The van der Waals surface area contributed by atoms with Gasteiger partial charge >= 0.3 is 6.09 Å². The molecule has 0 aromatic heterocycles. The van der Waals surface area contributed by atoms with Crippen LogP contribution in [0.15, 0.2) is 72.8 Å². The first-order chi connectivity index (χ1) is 18.8. The smallest absolute Gasteiger partial charge is 0.415 e. The number of fused-ring (bicyclic) bond motifs is 3. The van der Waals surface area contributed by atoms with Crippen molar-refractivity contribution in [3.05, 3.63) is 83.9 Å². The summed E-state index contributed by atoms with van der Waals surface area (Å²) in [5.74, 6) is 0.768. The van der Waals surface area contributed by atoms with E-state index in [1.54, 1.807) is 43.3 Å². The van der Waals surface area contributed by atoms with Gasteiger partial charge in [0.25, 0.3) is 5.91 Å². The molecule has 1 heterocycles. The fourth-order valence-electron chi connectivity index (χ4n) is 4.72. The largest absolute Gasteiger partial charge is 0.497 e. The number of carbonyl (C=O) groups excluding carboxylic acids is 2. The second-order valence-corrected chi connectivity index (χ2v) is 9.94. The second kappa shape index (κ2) is 12.8. The molecule has 0 aliphatic carbocycles. The van der Waals surface area contributed by atoms with E-state index in [0.29, 0.717) is 30.2 Å². The molecular weight excluding hydrogens is 496 g/mol. The Morgan fingerprint density at radius 1 is 1.03 bits per heavy atom. The standard InChI is InChI=1S/C31H36N2O6/c1-21-17-33(22(2)19-34)30(35)28-12-8-7-11-27(28)26-10-6-5-9-23(26)20-38-29(21)18-32(3)31(36)39-25-15-13-24(37-4)14-16-25/h5-16,21-22,29,34H,17-20H2,1-4H3/t21-,22+,29+/m0/s1. The minimum Gasteiger partial charge on any atom is -0.497 e. The van der Waals surface area contributed by atoms with Gasteiger partial charge in [0.05, 0.1) is 39.0 Å². The molecule has 206 valence electrons. The van der Waals surface area contributed by atoms with E-state index in [4.69, 9.17) is 14.2 Å². The molecule has 0 saturated carbocycles. The Balaban J connectivity index is 1.62. The van der Waals surface area contributed by atoms with E-state index in [0.717, 1.165) is 16.7 Å². The summed E-state index contributed by atoms with van der Waals surface area (Å²) in [5.41, 5.74) is 3.26. The first-order valence-electron chi connectivity index (χ1n) is 13.1. The van der Waals surface area contributed by atoms with Crippen molar-refractivity contribution in [2.75, 3.05) is 33.9 Å². The number of nitrogens with zero attached hydrogens (tertiary/aromatic N) is 2. The summed E-state index contributed by atoms with van der Waals surface area (Å²) in [4.78, 5) is 30.0. The predicted molar refractivity (Wildman–Crippen MR) is 149 cm³/mol. The Morgan fingerprint density at radius 3 is 2.31 bits per heavy atom. The highest BCUT2D eigenvalue weighted by Crippen LogP contribution is 2.31. The molecular formula is C31H36N2O6. The van der Waals surface area contributed by atoms with Crippen molar-refractivity contribution in [1.29, 1.82) is 0 Å². The molecule has 0 unspecified atom stereocenters. The average molecular weight is 533 g/mol. The van der Waals surface area contributed by atoms with Crippen molar-refractivity contribution in [2.45, 2.75) is 32.6 Å². The maximum absolute atomic E-state index is 13.9. The number of rotatable bonds is 6. The van der Waals surface area contributed by atoms with E-state index in [1.165, 1.54) is 4.90 Å². The zero-order valence-corrected chi connectivity index (χ0v) is 22.9. The van der Waals surface area contributed by atoms with Crippen LogP contribution < -0.4 is 9.47 Å². The first-order valence-corrected chi connectivity index (χ1v) is 13.1. The fraction of sp³-hybridized carbons (Fsp3) is 0.355. The summed E-state index contributed by atoms with van der Waals surface area (Å²) in [5, 5.41) is 10.00. The molecule has 1 aliphatic rings. The first kappa shape index (κ1) is 28.1. The number of carbonyl (C=O) groups is 2. The molecule has 8 heteroatoms. The van der Waals surface area contributed by atoms with Gasteiger partial charge in [-0.05, 0) is 53.9 Å². The van der Waals surface area contributed by atoms with Gasteiger partial charge in [-0.2, -0.15) is 0 Å². The van der Waals surface area contributed by atoms with Crippen LogP contribution in [0.4, 0.5) is 4.79 Å². The quantitative estimate of drug-likeness (QED) is 0.488. The maximum Gasteiger partial charge on any atom is 0.415 e. The summed E-state index contributed by atoms with van der Waals surface area (Å²) < 4.78 is 17.2. The number of ether oxygens (including phenoxy) is 3. The maximum atomic E-state index is 13.9. The lowest BCUT2D eigenvalue weighted by molar-refractivity contribution is -0.0205. The number of hydrogen-bond acceptors (Lipinski definition) is 6. The molecule has 8 nitrogen and oxygen atoms in total. The summed E-state index contributed by atoms with van der Waals surface area (Å²) >= 11 is 0. The molecule has 0 bridgehead atoms. The Morgan fingerprint density at radius 2 is 1.64 bits per heavy atom. The number of hydrogen-bond donors (Lipinski definition) is 1. The van der Waals surface area contributed by atoms with Gasteiger partial charge in [0, 0.05) is 25.1 Å². The minimum atomic E-state index is -0.519. The third-order valence-corrected chi connectivity index (χ3v) is 7.12. The van der Waals surface area contributed by atoms with E-state index in [9.17, 15) is 14.7 Å². The Labute approximate surface area is 229 Å². The van der Waals surface area contributed by atoms with Crippen molar-refractivity contribution in [3.63, 3.8) is 0 Å². The predicted octanol–water partition coefficient (Wildman–Crippen LogP) is 4.85. The van der Waals surface area contributed by atoms with E-state index in [-0.39, 0.29) is 25.0 Å². The zero-order valence-electron chi connectivity index (χ0n) is 22.9. The van der Waals surface area contributed by atoms with Crippen LogP contribution in [-0.2, 0) is 11.3 Å². The molecule has 0 saturated heterocycles. The number of benzene rings is 3. The summed E-state index contributed by atoms with van der Waals surface area (Å²) in [6.45, 7) is 4.56. The van der Waals surface area contributed by atoms with Gasteiger partial charge in [-0.1, -0.05) is 49.4 Å². The SMILES string of the molecule is COc1ccc(OC(=O)N(C)C[C@H]2OCc3ccccc3-c3ccccc3C(=O)N([C@H](C)CO)C[C@@H]2C)cc1. The molecule has 1 N–H and O–H groups in total. The highest BCUT2D eigenvalue weighted by molar-refractivity contribution is 6.01. The summed E-state index contributed by atoms with van der Waals surface area (Å²) in [6.07, 6.45) is -0.927. The van der Waals surface area contributed by atoms with Crippen LogP contribution in [0.5, 0.6) is 11.5 Å². The van der Waals surface area contributed by atoms with Crippen LogP contribution in [0.25, 0.3) is 11.1 Å². The monoisotopic (exact) mass is 532 g/mol. The van der Waals surface area contributed by atoms with Crippen molar-refractivity contribution in [1.82, 2.24) is 9.80 Å². The Hall–Kier alpha value is -3.88. The van der Waals surface area contributed by atoms with E-state index >= 15 is 0 Å². The molecule has 0 radical (unpaired) electrons. The summed E-state index contributed by atoms with van der Waals surface area (Å²) in [7, 11) is 3.24. The van der Waals surface area contributed by atoms with E-state index in [1.807, 2.05) is 62.4 Å². The number of methoxy groups -OCH3 is 1. The van der Waals surface area contributed by atoms with Crippen LogP contribution in [0.1, 0.15) is 29.8 Å². The highest BCUT2D eigenvalue weighted by atomic mass is 16.6. The number of aliphatic hydroxyl groups is 1. The molecule has 39 heavy (non-hydrogen) atoms. The van der Waals surface area contributed by atoms with E-state index in [2.05, 4.69) is 0 Å².